The molecule has 1 aromatic carbocycles. The molecule has 16 heavy (non-hydrogen) atoms. The third kappa shape index (κ3) is 3.06. The van der Waals surface area contributed by atoms with Crippen LogP contribution in [-0.2, 0) is 11.3 Å². The molecule has 88 valence electrons. The number of nitrogens with one attached hydrogen (secondary N) is 1. The molecule has 0 amide bonds. The van der Waals surface area contributed by atoms with Crippen LogP contribution in [0.1, 0.15) is 18.4 Å². The van der Waals surface area contributed by atoms with Crippen molar-refractivity contribution >= 4 is 31.9 Å². The molecule has 1 saturated carbocycles. The molecule has 2 nitrogen and oxygen atoms in total. The number of hydrogen-bond donors (Lipinski definition) is 1. The summed E-state index contributed by atoms with van der Waals surface area (Å²) >= 11 is 6.98. The summed E-state index contributed by atoms with van der Waals surface area (Å²) in [6.45, 7) is 0.924. The Morgan fingerprint density at radius 2 is 2.06 bits per heavy atom. The first-order valence-corrected chi connectivity index (χ1v) is 6.97. The van der Waals surface area contributed by atoms with Gasteiger partial charge in [-0.2, -0.15) is 0 Å². The Balaban J connectivity index is 1.80. The van der Waals surface area contributed by atoms with Crippen LogP contribution < -0.4 is 5.32 Å². The van der Waals surface area contributed by atoms with Gasteiger partial charge >= 0.3 is 0 Å². The monoisotopic (exact) mass is 347 g/mol. The predicted octanol–water partition coefficient (Wildman–Crippen LogP) is 3.48. The van der Waals surface area contributed by atoms with E-state index in [1.807, 2.05) is 0 Å². The first-order chi connectivity index (χ1) is 7.69. The summed E-state index contributed by atoms with van der Waals surface area (Å²) in [5.41, 5.74) is 1.30. The van der Waals surface area contributed by atoms with Crippen LogP contribution in [0.15, 0.2) is 27.1 Å². The third-order valence-corrected chi connectivity index (χ3v) is 4.89. The summed E-state index contributed by atoms with van der Waals surface area (Å²) in [5.74, 6) is 0. The molecule has 0 aliphatic heterocycles. The van der Waals surface area contributed by atoms with Gasteiger partial charge in [-0.1, -0.05) is 6.07 Å². The average Bonchev–Trinajstić information content (AvgIpc) is 2.21. The summed E-state index contributed by atoms with van der Waals surface area (Å²) in [4.78, 5) is 0. The lowest BCUT2D eigenvalue weighted by molar-refractivity contribution is 0.0170. The molecule has 1 aromatic rings. The number of halogens is 2. The molecule has 1 fully saturated rings. The zero-order valence-electron chi connectivity index (χ0n) is 9.17. The molecule has 4 heteroatoms. The normalized spacial score (nSPS) is 24.2. The Kier molecular flexibility index (Phi) is 4.41. The Morgan fingerprint density at radius 3 is 2.69 bits per heavy atom. The summed E-state index contributed by atoms with van der Waals surface area (Å²) in [6.07, 6.45) is 2.73. The van der Waals surface area contributed by atoms with Crippen molar-refractivity contribution in [2.75, 3.05) is 7.11 Å². The summed E-state index contributed by atoms with van der Waals surface area (Å²) in [6, 6.07) is 6.96. The SMILES string of the molecule is COC1CC(NCc2ccc(Br)c(Br)c2)C1. The van der Waals surface area contributed by atoms with E-state index in [9.17, 15) is 0 Å². The number of ether oxygens (including phenoxy) is 1. The van der Waals surface area contributed by atoms with Gasteiger partial charge < -0.3 is 10.1 Å². The van der Waals surface area contributed by atoms with E-state index in [2.05, 4.69) is 55.4 Å². The minimum absolute atomic E-state index is 0.467. The summed E-state index contributed by atoms with van der Waals surface area (Å²) in [7, 11) is 1.78. The Labute approximate surface area is 113 Å². The van der Waals surface area contributed by atoms with Crippen LogP contribution in [-0.4, -0.2) is 19.3 Å². The molecule has 0 spiro atoms. The fraction of sp³-hybridized carbons (Fsp3) is 0.500. The molecule has 1 N–H and O–H groups in total. The zero-order valence-corrected chi connectivity index (χ0v) is 12.3. The molecule has 0 heterocycles. The molecule has 2 rings (SSSR count). The Bertz CT molecular complexity index is 364. The van der Waals surface area contributed by atoms with Gasteiger partial charge in [0, 0.05) is 28.6 Å². The molecule has 0 aromatic heterocycles. The van der Waals surface area contributed by atoms with E-state index in [1.54, 1.807) is 7.11 Å². The van der Waals surface area contributed by atoms with Crippen LogP contribution >= 0.6 is 31.9 Å². The van der Waals surface area contributed by atoms with E-state index in [4.69, 9.17) is 4.74 Å². The second kappa shape index (κ2) is 5.63. The van der Waals surface area contributed by atoms with Crippen molar-refractivity contribution in [2.45, 2.75) is 31.5 Å². The fourth-order valence-corrected chi connectivity index (χ4v) is 2.51. The van der Waals surface area contributed by atoms with E-state index in [1.165, 1.54) is 5.56 Å². The quantitative estimate of drug-likeness (QED) is 0.899. The van der Waals surface area contributed by atoms with Crippen molar-refractivity contribution in [3.8, 4) is 0 Å². The van der Waals surface area contributed by atoms with E-state index in [-0.39, 0.29) is 0 Å². The maximum Gasteiger partial charge on any atom is 0.0601 e. The summed E-state index contributed by atoms with van der Waals surface area (Å²) in [5, 5.41) is 3.53. The van der Waals surface area contributed by atoms with Gasteiger partial charge in [0.1, 0.15) is 0 Å². The molecule has 0 radical (unpaired) electrons. The van der Waals surface area contributed by atoms with Gasteiger partial charge in [-0.25, -0.2) is 0 Å². The van der Waals surface area contributed by atoms with Gasteiger partial charge in [0.15, 0.2) is 0 Å². The third-order valence-electron chi connectivity index (χ3n) is 3.01. The number of rotatable bonds is 4. The summed E-state index contributed by atoms with van der Waals surface area (Å²) < 4.78 is 7.45. The lowest BCUT2D eigenvalue weighted by Gasteiger charge is -2.34. The topological polar surface area (TPSA) is 21.3 Å². The minimum atomic E-state index is 0.467. The lowest BCUT2D eigenvalue weighted by Crippen LogP contribution is -2.44. The van der Waals surface area contributed by atoms with Crippen LogP contribution in [0.2, 0.25) is 0 Å². The van der Waals surface area contributed by atoms with Gasteiger partial charge in [-0.3, -0.25) is 0 Å². The highest BCUT2D eigenvalue weighted by Gasteiger charge is 2.28. The van der Waals surface area contributed by atoms with Crippen molar-refractivity contribution in [3.05, 3.63) is 32.7 Å². The maximum absolute atomic E-state index is 5.25. The first kappa shape index (κ1) is 12.6. The highest BCUT2D eigenvalue weighted by molar-refractivity contribution is 9.13. The van der Waals surface area contributed by atoms with Crippen molar-refractivity contribution < 1.29 is 4.74 Å². The van der Waals surface area contributed by atoms with E-state index < -0.39 is 0 Å². The standard InChI is InChI=1S/C12H15Br2NO/c1-16-10-5-9(6-10)15-7-8-2-3-11(13)12(14)4-8/h2-4,9-10,15H,5-7H2,1H3. The second-order valence-electron chi connectivity index (χ2n) is 4.16. The highest BCUT2D eigenvalue weighted by atomic mass is 79.9. The van der Waals surface area contributed by atoms with Gasteiger partial charge in [-0.05, 0) is 62.4 Å². The number of hydrogen-bond acceptors (Lipinski definition) is 2. The van der Waals surface area contributed by atoms with Gasteiger partial charge in [0.05, 0.1) is 6.10 Å². The smallest absolute Gasteiger partial charge is 0.0601 e. The molecule has 1 aliphatic rings. The fourth-order valence-electron chi connectivity index (χ4n) is 1.84. The molecule has 0 unspecified atom stereocenters. The van der Waals surface area contributed by atoms with E-state index in [0.717, 1.165) is 28.3 Å². The highest BCUT2D eigenvalue weighted by Crippen LogP contribution is 2.25. The molecule has 0 saturated heterocycles. The van der Waals surface area contributed by atoms with E-state index >= 15 is 0 Å². The maximum atomic E-state index is 5.25. The number of benzene rings is 1. The van der Waals surface area contributed by atoms with Crippen molar-refractivity contribution in [3.63, 3.8) is 0 Å². The van der Waals surface area contributed by atoms with Crippen LogP contribution in [0.3, 0.4) is 0 Å². The van der Waals surface area contributed by atoms with E-state index in [0.29, 0.717) is 12.1 Å². The van der Waals surface area contributed by atoms with Crippen LogP contribution in [0.5, 0.6) is 0 Å². The van der Waals surface area contributed by atoms with Crippen LogP contribution in [0, 0.1) is 0 Å². The molecular weight excluding hydrogens is 334 g/mol. The molecule has 1 aliphatic carbocycles. The van der Waals surface area contributed by atoms with Crippen LogP contribution in [0.4, 0.5) is 0 Å². The predicted molar refractivity (Wildman–Crippen MR) is 72.5 cm³/mol. The first-order valence-electron chi connectivity index (χ1n) is 5.39. The van der Waals surface area contributed by atoms with Gasteiger partial charge in [0.25, 0.3) is 0 Å². The zero-order chi connectivity index (χ0) is 11.5. The second-order valence-corrected chi connectivity index (χ2v) is 5.86. The molecule has 0 atom stereocenters. The van der Waals surface area contributed by atoms with Gasteiger partial charge in [-0.15, -0.1) is 0 Å². The van der Waals surface area contributed by atoms with Gasteiger partial charge in [0.2, 0.25) is 0 Å². The average molecular weight is 349 g/mol. The van der Waals surface area contributed by atoms with Crippen LogP contribution in [0.25, 0.3) is 0 Å². The van der Waals surface area contributed by atoms with Crippen molar-refractivity contribution in [1.29, 1.82) is 0 Å². The van der Waals surface area contributed by atoms with Crippen molar-refractivity contribution in [1.82, 2.24) is 5.32 Å². The lowest BCUT2D eigenvalue weighted by atomic mass is 9.89. The molecule has 0 bridgehead atoms. The van der Waals surface area contributed by atoms with Crippen molar-refractivity contribution in [2.24, 2.45) is 0 Å². The number of methoxy groups -OCH3 is 1. The minimum Gasteiger partial charge on any atom is -0.381 e. The largest absolute Gasteiger partial charge is 0.381 e. The molecular formula is C12H15Br2NO. The Morgan fingerprint density at radius 1 is 1.31 bits per heavy atom. The Hall–Kier alpha value is 0.1000.